The van der Waals surface area contributed by atoms with Crippen LogP contribution in [0.25, 0.3) is 0 Å². The number of nitrogens with zero attached hydrogens (tertiary/aromatic N) is 3. The molecule has 130 valence electrons. The van der Waals surface area contributed by atoms with Gasteiger partial charge in [0.15, 0.2) is 5.96 Å². The van der Waals surface area contributed by atoms with E-state index in [2.05, 4.69) is 45.2 Å². The molecular formula is C18H33N5. The fourth-order valence-corrected chi connectivity index (χ4v) is 3.53. The Labute approximate surface area is 141 Å². The number of imidazole rings is 1. The molecule has 1 saturated carbocycles. The summed E-state index contributed by atoms with van der Waals surface area (Å²) in [5.41, 5.74) is 0.497. The minimum absolute atomic E-state index is 0.497. The molecule has 0 aromatic carbocycles. The van der Waals surface area contributed by atoms with Crippen molar-refractivity contribution in [3.63, 3.8) is 0 Å². The number of unbranched alkanes of at least 4 members (excludes halogenated alkanes) is 1. The highest BCUT2D eigenvalue weighted by atomic mass is 15.2. The summed E-state index contributed by atoms with van der Waals surface area (Å²) in [6, 6.07) is 0. The first-order valence-electron chi connectivity index (χ1n) is 9.11. The molecule has 0 spiro atoms. The molecule has 2 N–H and O–H groups in total. The molecule has 0 bridgehead atoms. The average Bonchev–Trinajstić information content (AvgIpc) is 3.20. The van der Waals surface area contributed by atoms with Gasteiger partial charge in [-0.2, -0.15) is 0 Å². The standard InChI is InChI=1S/C18H33N5/c1-4-18(9-5-6-10-18)15-22-17(19-3)21-11-7-8-13-23-14-12-20-16(23)2/h12,14H,4-11,13,15H2,1-3H3,(H2,19,21,22). The zero-order valence-corrected chi connectivity index (χ0v) is 15.1. The molecule has 5 heteroatoms. The van der Waals surface area contributed by atoms with Crippen LogP contribution < -0.4 is 10.6 Å². The summed E-state index contributed by atoms with van der Waals surface area (Å²) in [6.45, 7) is 7.43. The van der Waals surface area contributed by atoms with Crippen LogP contribution in [0.2, 0.25) is 0 Å². The molecule has 1 aromatic rings. The molecule has 0 atom stereocenters. The Morgan fingerprint density at radius 1 is 1.30 bits per heavy atom. The van der Waals surface area contributed by atoms with Crippen molar-refractivity contribution >= 4 is 5.96 Å². The molecule has 0 unspecified atom stereocenters. The Morgan fingerprint density at radius 2 is 2.09 bits per heavy atom. The molecule has 1 fully saturated rings. The van der Waals surface area contributed by atoms with Gasteiger partial charge < -0.3 is 15.2 Å². The molecule has 0 radical (unpaired) electrons. The summed E-state index contributed by atoms with van der Waals surface area (Å²) in [5, 5.41) is 6.98. The normalized spacial score (nSPS) is 17.4. The van der Waals surface area contributed by atoms with Gasteiger partial charge in [0, 0.05) is 39.1 Å². The van der Waals surface area contributed by atoms with Gasteiger partial charge in [0.25, 0.3) is 0 Å². The van der Waals surface area contributed by atoms with Gasteiger partial charge in [-0.25, -0.2) is 4.98 Å². The number of nitrogens with one attached hydrogen (secondary N) is 2. The van der Waals surface area contributed by atoms with Crippen LogP contribution in [0, 0.1) is 12.3 Å². The lowest BCUT2D eigenvalue weighted by molar-refractivity contribution is 0.283. The largest absolute Gasteiger partial charge is 0.356 e. The maximum atomic E-state index is 4.36. The van der Waals surface area contributed by atoms with E-state index in [0.29, 0.717) is 5.41 Å². The van der Waals surface area contributed by atoms with E-state index in [1.165, 1.54) is 32.1 Å². The number of hydrogen-bond donors (Lipinski definition) is 2. The van der Waals surface area contributed by atoms with Crippen molar-refractivity contribution in [1.82, 2.24) is 20.2 Å². The van der Waals surface area contributed by atoms with Gasteiger partial charge >= 0.3 is 0 Å². The lowest BCUT2D eigenvalue weighted by Gasteiger charge is -2.28. The maximum Gasteiger partial charge on any atom is 0.190 e. The summed E-state index contributed by atoms with van der Waals surface area (Å²) in [6.07, 6.45) is 13.0. The second-order valence-electron chi connectivity index (χ2n) is 6.79. The van der Waals surface area contributed by atoms with Crippen LogP contribution in [0.1, 0.15) is 57.7 Å². The highest BCUT2D eigenvalue weighted by Crippen LogP contribution is 2.40. The van der Waals surface area contributed by atoms with Crippen LogP contribution in [-0.4, -0.2) is 35.6 Å². The van der Waals surface area contributed by atoms with Crippen LogP contribution in [0.4, 0.5) is 0 Å². The van der Waals surface area contributed by atoms with Crippen LogP contribution in [0.15, 0.2) is 17.4 Å². The quantitative estimate of drug-likeness (QED) is 0.440. The number of aliphatic imine (C=N–C) groups is 1. The molecule has 1 heterocycles. The summed E-state index contributed by atoms with van der Waals surface area (Å²) >= 11 is 0. The minimum atomic E-state index is 0.497. The topological polar surface area (TPSA) is 54.2 Å². The van der Waals surface area contributed by atoms with Gasteiger partial charge in [-0.15, -0.1) is 0 Å². The smallest absolute Gasteiger partial charge is 0.190 e. The first kappa shape index (κ1) is 17.8. The van der Waals surface area contributed by atoms with E-state index in [9.17, 15) is 0 Å². The average molecular weight is 319 g/mol. The van der Waals surface area contributed by atoms with Gasteiger partial charge in [-0.1, -0.05) is 19.8 Å². The monoisotopic (exact) mass is 319 g/mol. The molecule has 0 saturated heterocycles. The van der Waals surface area contributed by atoms with Gasteiger partial charge in [-0.05, 0) is 44.4 Å². The van der Waals surface area contributed by atoms with E-state index in [-0.39, 0.29) is 0 Å². The third-order valence-corrected chi connectivity index (χ3v) is 5.31. The lowest BCUT2D eigenvalue weighted by atomic mass is 9.83. The molecular weight excluding hydrogens is 286 g/mol. The van der Waals surface area contributed by atoms with Gasteiger partial charge in [0.2, 0.25) is 0 Å². The van der Waals surface area contributed by atoms with Crippen molar-refractivity contribution in [2.24, 2.45) is 10.4 Å². The van der Waals surface area contributed by atoms with Gasteiger partial charge in [0.1, 0.15) is 5.82 Å². The number of aryl methyl sites for hydroxylation is 2. The number of hydrogen-bond acceptors (Lipinski definition) is 2. The third-order valence-electron chi connectivity index (χ3n) is 5.31. The van der Waals surface area contributed by atoms with Crippen molar-refractivity contribution < 1.29 is 0 Å². The fraction of sp³-hybridized carbons (Fsp3) is 0.778. The number of rotatable bonds is 8. The van der Waals surface area contributed by atoms with E-state index in [0.717, 1.165) is 44.3 Å². The number of guanidine groups is 1. The van der Waals surface area contributed by atoms with Crippen molar-refractivity contribution in [3.05, 3.63) is 18.2 Å². The zero-order chi connectivity index (χ0) is 16.5. The van der Waals surface area contributed by atoms with E-state index >= 15 is 0 Å². The van der Waals surface area contributed by atoms with Gasteiger partial charge in [-0.3, -0.25) is 4.99 Å². The molecule has 2 rings (SSSR count). The summed E-state index contributed by atoms with van der Waals surface area (Å²) in [4.78, 5) is 8.61. The Hall–Kier alpha value is -1.52. The van der Waals surface area contributed by atoms with Gasteiger partial charge in [0.05, 0.1) is 0 Å². The number of aromatic nitrogens is 2. The van der Waals surface area contributed by atoms with Crippen molar-refractivity contribution in [2.45, 2.75) is 65.3 Å². The summed E-state index contributed by atoms with van der Waals surface area (Å²) in [5.74, 6) is 2.04. The predicted octanol–water partition coefficient (Wildman–Crippen LogP) is 3.11. The Kier molecular flexibility index (Phi) is 6.93. The fourth-order valence-electron chi connectivity index (χ4n) is 3.53. The van der Waals surface area contributed by atoms with E-state index < -0.39 is 0 Å². The minimum Gasteiger partial charge on any atom is -0.356 e. The van der Waals surface area contributed by atoms with E-state index in [4.69, 9.17) is 0 Å². The second-order valence-corrected chi connectivity index (χ2v) is 6.79. The Morgan fingerprint density at radius 3 is 2.70 bits per heavy atom. The summed E-state index contributed by atoms with van der Waals surface area (Å²) in [7, 11) is 1.86. The highest BCUT2D eigenvalue weighted by Gasteiger charge is 2.31. The van der Waals surface area contributed by atoms with Crippen LogP contribution in [0.3, 0.4) is 0 Å². The zero-order valence-electron chi connectivity index (χ0n) is 15.1. The lowest BCUT2D eigenvalue weighted by Crippen LogP contribution is -2.43. The SMILES string of the molecule is CCC1(CNC(=NC)NCCCCn2ccnc2C)CCCC1. The molecule has 0 amide bonds. The third kappa shape index (κ3) is 5.26. The van der Waals surface area contributed by atoms with Crippen LogP contribution in [0.5, 0.6) is 0 Å². The van der Waals surface area contributed by atoms with Crippen LogP contribution >= 0.6 is 0 Å². The van der Waals surface area contributed by atoms with Crippen LogP contribution in [-0.2, 0) is 6.54 Å². The molecule has 1 aliphatic rings. The second kappa shape index (κ2) is 8.94. The Balaban J connectivity index is 1.62. The highest BCUT2D eigenvalue weighted by molar-refractivity contribution is 5.79. The molecule has 23 heavy (non-hydrogen) atoms. The maximum absolute atomic E-state index is 4.36. The first-order valence-corrected chi connectivity index (χ1v) is 9.11. The molecule has 1 aliphatic carbocycles. The molecule has 1 aromatic heterocycles. The predicted molar refractivity (Wildman–Crippen MR) is 96.8 cm³/mol. The summed E-state index contributed by atoms with van der Waals surface area (Å²) < 4.78 is 2.21. The van der Waals surface area contributed by atoms with Crippen molar-refractivity contribution in [1.29, 1.82) is 0 Å². The molecule has 0 aliphatic heterocycles. The van der Waals surface area contributed by atoms with Crippen molar-refractivity contribution in [2.75, 3.05) is 20.1 Å². The van der Waals surface area contributed by atoms with Crippen molar-refractivity contribution in [3.8, 4) is 0 Å². The Bertz CT molecular complexity index is 485. The van der Waals surface area contributed by atoms with E-state index in [1.807, 2.05) is 13.2 Å². The first-order chi connectivity index (χ1) is 11.2. The molecule has 5 nitrogen and oxygen atoms in total. The van der Waals surface area contributed by atoms with E-state index in [1.54, 1.807) is 0 Å².